The Morgan fingerprint density at radius 1 is 1.13 bits per heavy atom. The molecule has 4 atom stereocenters. The van der Waals surface area contributed by atoms with E-state index in [1.807, 2.05) is 18.7 Å². The zero-order valence-corrected chi connectivity index (χ0v) is 26.3. The van der Waals surface area contributed by atoms with Crippen LogP contribution < -0.4 is 10.6 Å². The van der Waals surface area contributed by atoms with Crippen LogP contribution in [-0.2, 0) is 6.18 Å². The number of alkyl halides is 3. The molecule has 7 nitrogen and oxygen atoms in total. The van der Waals surface area contributed by atoms with Crippen molar-refractivity contribution in [3.63, 3.8) is 0 Å². The molecule has 4 heterocycles. The minimum absolute atomic E-state index is 0.0710. The molecule has 242 valence electrons. The van der Waals surface area contributed by atoms with E-state index in [1.165, 1.54) is 10.6 Å². The summed E-state index contributed by atoms with van der Waals surface area (Å²) in [7, 11) is 0. The molecular weight excluding hydrogens is 637 g/mol. The van der Waals surface area contributed by atoms with E-state index in [0.717, 1.165) is 49.8 Å². The predicted molar refractivity (Wildman–Crippen MR) is 166 cm³/mol. The average Bonchev–Trinajstić information content (AvgIpc) is 3.49. The largest absolute Gasteiger partial charge is 0.417 e. The number of benzene rings is 2. The molecule has 2 fully saturated rings. The fraction of sp³-hybridized carbons (Fsp3) is 0.484. The summed E-state index contributed by atoms with van der Waals surface area (Å²) >= 11 is 7.10. The van der Waals surface area contributed by atoms with Crippen molar-refractivity contribution in [2.75, 3.05) is 43.4 Å². The second-order valence-electron chi connectivity index (χ2n) is 12.0. The van der Waals surface area contributed by atoms with Crippen LogP contribution >= 0.6 is 23.4 Å². The van der Waals surface area contributed by atoms with Crippen LogP contribution in [0.15, 0.2) is 40.5 Å². The fourth-order valence-electron chi connectivity index (χ4n) is 7.09. The van der Waals surface area contributed by atoms with Crippen LogP contribution in [0.4, 0.5) is 27.8 Å². The molecule has 0 bridgehead atoms. The van der Waals surface area contributed by atoms with Gasteiger partial charge in [-0.25, -0.2) is 13.6 Å². The van der Waals surface area contributed by atoms with Crippen LogP contribution in [0.3, 0.4) is 0 Å². The summed E-state index contributed by atoms with van der Waals surface area (Å²) in [5, 5.41) is 10.1. The van der Waals surface area contributed by atoms with E-state index in [1.54, 1.807) is 4.90 Å². The molecule has 14 heteroatoms. The van der Waals surface area contributed by atoms with Crippen molar-refractivity contribution in [1.29, 1.82) is 0 Å². The number of anilines is 1. The zero-order valence-electron chi connectivity index (χ0n) is 24.8. The smallest absolute Gasteiger partial charge is 0.375 e. The van der Waals surface area contributed by atoms with E-state index >= 15 is 4.39 Å². The predicted octanol–water partition coefficient (Wildman–Crippen LogP) is 6.16. The highest BCUT2D eigenvalue weighted by atomic mass is 35.5. The number of aliphatic hydroxyl groups excluding tert-OH is 1. The molecular formula is C31H33ClF5N5O2S. The SMILES string of the molecule is C=CC(O)N1[C@H](C)CN(c2nc(=O)n3c4c(c(-c5cc(Cl)c(F)cc5F)c(C(F)(F)F)cc24)SCC3CN2CCCC2)C[C@@H]1C. The molecule has 1 aromatic heterocycles. The number of rotatable bonds is 6. The van der Waals surface area contributed by atoms with Crippen molar-refractivity contribution >= 4 is 40.1 Å². The van der Waals surface area contributed by atoms with Crippen LogP contribution in [-0.4, -0.2) is 81.2 Å². The number of thioether (sulfide) groups is 1. The quantitative estimate of drug-likeness (QED) is 0.192. The summed E-state index contributed by atoms with van der Waals surface area (Å²) in [5.41, 5.74) is -2.48. The average molecular weight is 670 g/mol. The summed E-state index contributed by atoms with van der Waals surface area (Å²) < 4.78 is 75.7. The Bertz CT molecular complexity index is 1700. The maximum absolute atomic E-state index is 15.3. The number of likely N-dealkylation sites (tertiary alicyclic amines) is 1. The van der Waals surface area contributed by atoms with E-state index in [9.17, 15) is 27.5 Å². The van der Waals surface area contributed by atoms with Crippen molar-refractivity contribution in [1.82, 2.24) is 19.4 Å². The Labute approximate surface area is 266 Å². The van der Waals surface area contributed by atoms with Crippen LogP contribution in [0, 0.1) is 11.6 Å². The number of nitrogens with zero attached hydrogens (tertiary/aromatic N) is 5. The third kappa shape index (κ3) is 5.75. The molecule has 0 spiro atoms. The van der Waals surface area contributed by atoms with Gasteiger partial charge in [0.1, 0.15) is 23.7 Å². The second kappa shape index (κ2) is 12.1. The molecule has 0 saturated carbocycles. The van der Waals surface area contributed by atoms with Crippen molar-refractivity contribution < 1.29 is 27.1 Å². The second-order valence-corrected chi connectivity index (χ2v) is 13.5. The first-order chi connectivity index (χ1) is 21.3. The lowest BCUT2D eigenvalue weighted by Crippen LogP contribution is -2.60. The highest BCUT2D eigenvalue weighted by Gasteiger charge is 2.41. The van der Waals surface area contributed by atoms with Gasteiger partial charge in [-0.15, -0.1) is 11.8 Å². The Morgan fingerprint density at radius 2 is 1.80 bits per heavy atom. The van der Waals surface area contributed by atoms with Gasteiger partial charge >= 0.3 is 11.9 Å². The molecule has 0 radical (unpaired) electrons. The van der Waals surface area contributed by atoms with Gasteiger partial charge in [0, 0.05) is 64.9 Å². The van der Waals surface area contributed by atoms with E-state index in [4.69, 9.17) is 11.6 Å². The molecule has 3 aromatic rings. The van der Waals surface area contributed by atoms with Gasteiger partial charge in [-0.1, -0.05) is 18.2 Å². The molecule has 1 N–H and O–H groups in total. The van der Waals surface area contributed by atoms with E-state index in [2.05, 4.69) is 16.5 Å². The lowest BCUT2D eigenvalue weighted by atomic mass is 9.95. The summed E-state index contributed by atoms with van der Waals surface area (Å²) in [4.78, 5) is 24.3. The topological polar surface area (TPSA) is 64.8 Å². The van der Waals surface area contributed by atoms with E-state index in [-0.39, 0.29) is 58.6 Å². The van der Waals surface area contributed by atoms with Gasteiger partial charge < -0.3 is 14.9 Å². The summed E-state index contributed by atoms with van der Waals surface area (Å²) in [6.45, 7) is 10.2. The number of hydrogen-bond donors (Lipinski definition) is 1. The number of aliphatic hydroxyl groups is 1. The van der Waals surface area contributed by atoms with Crippen molar-refractivity contribution in [3.8, 4) is 11.1 Å². The third-order valence-corrected chi connectivity index (χ3v) is 10.5. The summed E-state index contributed by atoms with van der Waals surface area (Å²) in [6, 6.07) is 1.37. The minimum Gasteiger partial charge on any atom is -0.375 e. The highest BCUT2D eigenvalue weighted by molar-refractivity contribution is 7.99. The fourth-order valence-corrected chi connectivity index (χ4v) is 8.57. The zero-order chi connectivity index (χ0) is 32.4. The lowest BCUT2D eigenvalue weighted by molar-refractivity contribution is -0.137. The van der Waals surface area contributed by atoms with Gasteiger partial charge in [0.25, 0.3) is 0 Å². The van der Waals surface area contributed by atoms with Crippen LogP contribution in [0.1, 0.15) is 38.3 Å². The number of aromatic nitrogens is 2. The van der Waals surface area contributed by atoms with Crippen molar-refractivity contribution in [3.05, 3.63) is 63.6 Å². The van der Waals surface area contributed by atoms with Gasteiger partial charge in [-0.3, -0.25) is 9.47 Å². The van der Waals surface area contributed by atoms with Gasteiger partial charge in [0.05, 0.1) is 22.1 Å². The summed E-state index contributed by atoms with van der Waals surface area (Å²) in [6.07, 6.45) is -2.42. The molecule has 3 aliphatic heterocycles. The van der Waals surface area contributed by atoms with Gasteiger partial charge in [-0.2, -0.15) is 18.2 Å². The number of hydrogen-bond acceptors (Lipinski definition) is 7. The van der Waals surface area contributed by atoms with Crippen molar-refractivity contribution in [2.24, 2.45) is 0 Å². The highest BCUT2D eigenvalue weighted by Crippen LogP contribution is 2.51. The van der Waals surface area contributed by atoms with Crippen LogP contribution in [0.5, 0.6) is 0 Å². The molecule has 3 aliphatic rings. The lowest BCUT2D eigenvalue weighted by Gasteiger charge is -2.46. The molecule has 2 unspecified atom stereocenters. The Hall–Kier alpha value is -2.71. The Balaban J connectivity index is 1.63. The van der Waals surface area contributed by atoms with Gasteiger partial charge in [0.15, 0.2) is 0 Å². The minimum atomic E-state index is -4.94. The molecule has 2 aromatic carbocycles. The van der Waals surface area contributed by atoms with Gasteiger partial charge in [0.2, 0.25) is 0 Å². The third-order valence-electron chi connectivity index (χ3n) is 8.99. The van der Waals surface area contributed by atoms with E-state index in [0.29, 0.717) is 12.6 Å². The maximum Gasteiger partial charge on any atom is 0.417 e. The first kappa shape index (κ1) is 32.2. The molecule has 0 aliphatic carbocycles. The maximum atomic E-state index is 15.3. The van der Waals surface area contributed by atoms with Crippen molar-refractivity contribution in [2.45, 2.75) is 62.1 Å². The molecule has 2 saturated heterocycles. The molecule has 6 rings (SSSR count). The Morgan fingerprint density at radius 3 is 2.42 bits per heavy atom. The van der Waals surface area contributed by atoms with Crippen LogP contribution in [0.25, 0.3) is 22.0 Å². The van der Waals surface area contributed by atoms with E-state index < -0.39 is 51.4 Å². The molecule has 0 amide bonds. The molecule has 45 heavy (non-hydrogen) atoms. The van der Waals surface area contributed by atoms with Gasteiger partial charge in [-0.05, 0) is 58.0 Å². The summed E-state index contributed by atoms with van der Waals surface area (Å²) in [5.74, 6) is -1.93. The normalized spacial score (nSPS) is 23.6. The van der Waals surface area contributed by atoms with Crippen LogP contribution in [0.2, 0.25) is 5.02 Å². The monoisotopic (exact) mass is 669 g/mol. The first-order valence-corrected chi connectivity index (χ1v) is 16.2. The Kier molecular flexibility index (Phi) is 8.70. The number of piperazine rings is 1. The first-order valence-electron chi connectivity index (χ1n) is 14.8. The number of halogens is 6. The standard InChI is InChI=1S/C31H33ClF5N5O2S/c1-4-25(43)41-16(2)12-40(13-17(41)3)29-20-9-21(31(35,36)37)26(19-10-22(32)24(34)11-23(19)33)28-27(20)42(30(44)38-29)18(15-45-28)14-39-7-5-6-8-39/h4,9-11,16-18,25,43H,1,5-8,12-15H2,2-3H3/t16-,17+,18?,25?.